The number of nitroso groups, excluding NO2 is 1. The van der Waals surface area contributed by atoms with Crippen LogP contribution in [0.5, 0.6) is 0 Å². The van der Waals surface area contributed by atoms with Crippen LogP contribution in [0, 0.1) is 4.91 Å². The molecule has 0 fully saturated rings. The molecule has 18 heteroatoms. The van der Waals surface area contributed by atoms with Gasteiger partial charge in [0, 0.05) is 29.5 Å². The van der Waals surface area contributed by atoms with E-state index in [1.165, 1.54) is 54.4 Å². The molecule has 0 aliphatic carbocycles. The zero-order valence-corrected chi connectivity index (χ0v) is 23.3. The van der Waals surface area contributed by atoms with Gasteiger partial charge in [-0.15, -0.1) is 0 Å². The molecule has 0 atom stereocenters. The molecule has 1 aliphatic rings. The first kappa shape index (κ1) is 32.8. The Bertz CT molecular complexity index is 2010. The van der Waals surface area contributed by atoms with E-state index in [4.69, 9.17) is 5.73 Å². The molecule has 46 heavy (non-hydrogen) atoms. The lowest BCUT2D eigenvalue weighted by Crippen LogP contribution is -2.40. The number of aromatic amines is 2. The quantitative estimate of drug-likeness (QED) is 0.186. The average Bonchev–Trinajstić information content (AvgIpc) is 3.64. The number of alkyl halides is 6. The number of hydrogen-bond donors (Lipinski definition) is 3. The lowest BCUT2D eigenvalue weighted by Gasteiger charge is -2.07. The van der Waals surface area contributed by atoms with E-state index in [0.717, 1.165) is 36.4 Å². The molecule has 0 radical (unpaired) electrons. The van der Waals surface area contributed by atoms with Gasteiger partial charge in [-0.25, -0.2) is 9.31 Å². The highest BCUT2D eigenvalue weighted by atomic mass is 19.4. The molecule has 2 amide bonds. The van der Waals surface area contributed by atoms with E-state index in [1.54, 1.807) is 6.07 Å². The van der Waals surface area contributed by atoms with Crippen LogP contribution in [0.4, 0.5) is 32.2 Å². The molecule has 0 bridgehead atoms. The molecule has 0 unspecified atom stereocenters. The first-order valence-corrected chi connectivity index (χ1v) is 12.7. The summed E-state index contributed by atoms with van der Waals surface area (Å²) in [6.45, 7) is 0. The number of hydrogen-bond acceptors (Lipinski definition) is 7. The van der Waals surface area contributed by atoms with Crippen LogP contribution in [0.15, 0.2) is 90.1 Å². The fourth-order valence-corrected chi connectivity index (χ4v) is 3.91. The van der Waals surface area contributed by atoms with E-state index in [1.807, 2.05) is 0 Å². The summed E-state index contributed by atoms with van der Waals surface area (Å²) in [6, 6.07) is 11.1. The fraction of sp³-hybridized carbons (Fsp3) is 0.107. The number of nitrogen functional groups attached to an aromatic ring is 1. The SMILES string of the molecule is CN1C(=O)C=CC(=O)[N+]1=O.Nc1[nH]ncc1-c1cccc(C(F)(F)F)c1.O=c1ccn2ncc(-c3cccc(C(F)(F)F)c3)c2[nH]1. The Morgan fingerprint density at radius 2 is 1.41 bits per heavy atom. The standard InChI is InChI=1S/C13H8F3N3O.C10H8F3N3.C5H5N2O3/c14-13(15,16)9-3-1-2-8(6-9)10-7-17-19-5-4-11(20)18-12(10)19;11-10(12,13)7-3-1-2-6(4-7)8-5-15-16-9(8)14;1-6-4(8)2-3-5(9)7(6)10/h1-7H,(H,18,20);1-5H,(H3,14,15,16);2-3H,1H3/q;;+1. The van der Waals surface area contributed by atoms with Crippen LogP contribution in [0.3, 0.4) is 0 Å². The Hall–Kier alpha value is -6.07. The van der Waals surface area contributed by atoms with Crippen LogP contribution >= 0.6 is 0 Å². The molecule has 0 saturated carbocycles. The van der Waals surface area contributed by atoms with Crippen LogP contribution in [-0.4, -0.2) is 53.5 Å². The molecule has 1 aliphatic heterocycles. The molecular formula is C28H21F6N8O4+. The zero-order chi connectivity index (χ0) is 33.8. The Kier molecular flexibility index (Phi) is 9.20. The second-order valence-electron chi connectivity index (χ2n) is 9.32. The van der Waals surface area contributed by atoms with Crippen molar-refractivity contribution in [2.75, 3.05) is 12.8 Å². The van der Waals surface area contributed by atoms with Gasteiger partial charge in [0.15, 0.2) is 0 Å². The minimum Gasteiger partial charge on any atom is -0.384 e. The third kappa shape index (κ3) is 7.52. The number of carbonyl (C=O) groups excluding carboxylic acids is 2. The second kappa shape index (κ2) is 12.9. The summed E-state index contributed by atoms with van der Waals surface area (Å²) >= 11 is 0. The Labute approximate surface area is 253 Å². The number of nitrogens with two attached hydrogens (primary N) is 1. The van der Waals surface area contributed by atoms with Crippen LogP contribution in [0.25, 0.3) is 27.9 Å². The van der Waals surface area contributed by atoms with Gasteiger partial charge in [-0.3, -0.25) is 14.7 Å². The number of halogens is 6. The Morgan fingerprint density at radius 3 is 1.93 bits per heavy atom. The first-order chi connectivity index (χ1) is 21.6. The summed E-state index contributed by atoms with van der Waals surface area (Å²) in [7, 11) is 1.23. The number of nitrogens with one attached hydrogen (secondary N) is 2. The third-order valence-electron chi connectivity index (χ3n) is 6.22. The van der Waals surface area contributed by atoms with Crippen molar-refractivity contribution in [3.05, 3.63) is 112 Å². The molecule has 5 aromatic rings. The smallest absolute Gasteiger partial charge is 0.384 e. The zero-order valence-electron chi connectivity index (χ0n) is 23.3. The van der Waals surface area contributed by atoms with Gasteiger partial charge >= 0.3 is 24.2 Å². The maximum absolute atomic E-state index is 12.7. The summed E-state index contributed by atoms with van der Waals surface area (Å²) in [6.07, 6.45) is -2.51. The number of amides is 2. The molecule has 238 valence electrons. The van der Waals surface area contributed by atoms with Gasteiger partial charge in [0.1, 0.15) is 11.5 Å². The summed E-state index contributed by atoms with van der Waals surface area (Å²) in [4.78, 5) is 45.5. The normalized spacial score (nSPS) is 13.3. The van der Waals surface area contributed by atoms with Crippen LogP contribution < -0.4 is 11.3 Å². The number of anilines is 1. The fourth-order valence-electron chi connectivity index (χ4n) is 3.91. The maximum atomic E-state index is 12.7. The van der Waals surface area contributed by atoms with Crippen molar-refractivity contribution >= 4 is 23.3 Å². The van der Waals surface area contributed by atoms with Gasteiger partial charge in [-0.1, -0.05) is 29.3 Å². The number of rotatable bonds is 2. The van der Waals surface area contributed by atoms with Gasteiger partial charge in [0.2, 0.25) is 4.87 Å². The van der Waals surface area contributed by atoms with E-state index < -0.39 is 35.3 Å². The number of nitrogens with zero attached hydrogens (tertiary/aromatic N) is 5. The van der Waals surface area contributed by atoms with Gasteiger partial charge in [-0.2, -0.15) is 36.5 Å². The van der Waals surface area contributed by atoms with Crippen molar-refractivity contribution in [2.45, 2.75) is 12.4 Å². The Balaban J connectivity index is 0.000000166. The van der Waals surface area contributed by atoms with Crippen molar-refractivity contribution in [2.24, 2.45) is 0 Å². The number of hydrazine groups is 1. The molecule has 0 spiro atoms. The van der Waals surface area contributed by atoms with E-state index in [-0.39, 0.29) is 16.2 Å². The summed E-state index contributed by atoms with van der Waals surface area (Å²) in [5.41, 5.74) is 5.74. The van der Waals surface area contributed by atoms with Gasteiger partial charge in [-0.05, 0) is 35.4 Å². The number of likely N-dealkylation sites (N-methyl/N-ethyl adjacent to an activating group) is 1. The van der Waals surface area contributed by atoms with Crippen molar-refractivity contribution in [3.63, 3.8) is 0 Å². The lowest BCUT2D eigenvalue weighted by molar-refractivity contribution is -0.606. The highest BCUT2D eigenvalue weighted by molar-refractivity contribution is 5.96. The van der Waals surface area contributed by atoms with E-state index in [9.17, 15) is 45.6 Å². The van der Waals surface area contributed by atoms with E-state index in [2.05, 4.69) is 20.3 Å². The summed E-state index contributed by atoms with van der Waals surface area (Å²) < 4.78 is 76.9. The number of H-pyrrole nitrogens is 2. The van der Waals surface area contributed by atoms with Gasteiger partial charge in [0.05, 0.1) is 41.6 Å². The highest BCUT2D eigenvalue weighted by Gasteiger charge is 2.34. The van der Waals surface area contributed by atoms with Crippen LogP contribution in [0.1, 0.15) is 11.1 Å². The molecule has 6 rings (SSSR count). The number of carbonyl (C=O) groups is 2. The van der Waals surface area contributed by atoms with Crippen LogP contribution in [0.2, 0.25) is 0 Å². The van der Waals surface area contributed by atoms with Crippen molar-refractivity contribution in [1.82, 2.24) is 29.8 Å². The van der Waals surface area contributed by atoms with Crippen LogP contribution in [-0.2, 0) is 21.9 Å². The first-order valence-electron chi connectivity index (χ1n) is 12.7. The van der Waals surface area contributed by atoms with Crippen molar-refractivity contribution in [3.8, 4) is 22.3 Å². The Morgan fingerprint density at radius 1 is 0.826 bits per heavy atom. The maximum Gasteiger partial charge on any atom is 0.491 e. The monoisotopic (exact) mass is 647 g/mol. The van der Waals surface area contributed by atoms with Gasteiger partial charge in [0.25, 0.3) is 5.56 Å². The topological polar surface area (TPSA) is 162 Å². The predicted octanol–water partition coefficient (Wildman–Crippen LogP) is 4.62. The van der Waals surface area contributed by atoms with Crippen molar-refractivity contribution in [1.29, 1.82) is 0 Å². The predicted molar refractivity (Wildman–Crippen MR) is 150 cm³/mol. The molecule has 12 nitrogen and oxygen atoms in total. The summed E-state index contributed by atoms with van der Waals surface area (Å²) in [5, 5.41) is 10.8. The number of benzene rings is 2. The largest absolute Gasteiger partial charge is 0.491 e. The van der Waals surface area contributed by atoms with Gasteiger partial charge < -0.3 is 10.7 Å². The molecule has 4 heterocycles. The molecule has 0 saturated heterocycles. The second-order valence-corrected chi connectivity index (χ2v) is 9.32. The lowest BCUT2D eigenvalue weighted by atomic mass is 10.1. The van der Waals surface area contributed by atoms with E-state index in [0.29, 0.717) is 32.9 Å². The third-order valence-corrected chi connectivity index (χ3v) is 6.22. The average molecular weight is 648 g/mol. The minimum absolute atomic E-state index is 0.00231. The van der Waals surface area contributed by atoms with E-state index >= 15 is 0 Å². The number of fused-ring (bicyclic) bond motifs is 1. The van der Waals surface area contributed by atoms with Crippen molar-refractivity contribution < 1.29 is 40.8 Å². The minimum atomic E-state index is -4.41. The highest BCUT2D eigenvalue weighted by Crippen LogP contribution is 2.34. The molecule has 2 aromatic carbocycles. The molecular weight excluding hydrogens is 626 g/mol. The molecule has 3 aromatic heterocycles. The summed E-state index contributed by atoms with van der Waals surface area (Å²) in [5.74, 6) is -0.976. The number of aromatic nitrogens is 5. The molecule has 4 N–H and O–H groups in total.